The zero-order valence-corrected chi connectivity index (χ0v) is 16.9. The first-order valence-corrected chi connectivity index (χ1v) is 10.1. The second-order valence-electron chi connectivity index (χ2n) is 5.70. The van der Waals surface area contributed by atoms with E-state index in [1.807, 2.05) is 42.7 Å². The normalized spacial score (nSPS) is 10.3. The number of hydrogen-bond acceptors (Lipinski definition) is 7. The number of H-pyrrole nitrogens is 1. The van der Waals surface area contributed by atoms with E-state index in [1.165, 1.54) is 11.8 Å². The molecule has 3 rings (SSSR count). The third-order valence-corrected chi connectivity index (χ3v) is 5.22. The number of nitriles is 1. The summed E-state index contributed by atoms with van der Waals surface area (Å²) in [6, 6.07) is 12.9. The van der Waals surface area contributed by atoms with Crippen LogP contribution in [0.3, 0.4) is 0 Å². The van der Waals surface area contributed by atoms with Gasteiger partial charge in [-0.2, -0.15) is 5.26 Å². The minimum absolute atomic E-state index is 0.149. The number of anilines is 1. The molecule has 1 aromatic heterocycles. The Morgan fingerprint density at radius 2 is 2.07 bits per heavy atom. The van der Waals surface area contributed by atoms with Crippen molar-refractivity contribution in [3.05, 3.63) is 48.0 Å². The molecule has 3 aromatic rings. The lowest BCUT2D eigenvalue weighted by molar-refractivity contribution is -0.113. The number of rotatable bonds is 7. The molecule has 142 valence electrons. The average molecular weight is 412 g/mol. The number of amides is 1. The van der Waals surface area contributed by atoms with Crippen LogP contribution in [0.25, 0.3) is 11.4 Å². The van der Waals surface area contributed by atoms with E-state index in [1.54, 1.807) is 19.2 Å². The number of hydrogen-bond donors (Lipinski definition) is 2. The molecular formula is C19H17N5O2S2. The van der Waals surface area contributed by atoms with Gasteiger partial charge in [-0.15, -0.1) is 5.10 Å². The number of methoxy groups -OCH3 is 1. The predicted molar refractivity (Wildman–Crippen MR) is 110 cm³/mol. The van der Waals surface area contributed by atoms with Gasteiger partial charge in [0, 0.05) is 16.1 Å². The number of nitrogens with zero attached hydrogens (tertiary/aromatic N) is 3. The van der Waals surface area contributed by atoms with Crippen LogP contribution in [-0.2, 0) is 4.79 Å². The second-order valence-corrected chi connectivity index (χ2v) is 7.50. The number of aromatic amines is 1. The fourth-order valence-electron chi connectivity index (χ4n) is 2.40. The number of ether oxygens (including phenoxy) is 1. The van der Waals surface area contributed by atoms with Gasteiger partial charge < -0.3 is 10.1 Å². The van der Waals surface area contributed by atoms with Crippen molar-refractivity contribution in [1.82, 2.24) is 15.2 Å². The molecule has 2 N–H and O–H groups in total. The Balaban J connectivity index is 1.56. The van der Waals surface area contributed by atoms with Gasteiger partial charge in [0.25, 0.3) is 0 Å². The number of thioether (sulfide) groups is 2. The minimum Gasteiger partial charge on any atom is -0.497 e. The van der Waals surface area contributed by atoms with E-state index >= 15 is 0 Å². The Morgan fingerprint density at radius 3 is 2.75 bits per heavy atom. The first kappa shape index (κ1) is 19.8. The van der Waals surface area contributed by atoms with E-state index < -0.39 is 0 Å². The third kappa shape index (κ3) is 5.06. The van der Waals surface area contributed by atoms with Crippen molar-refractivity contribution in [3.63, 3.8) is 0 Å². The largest absolute Gasteiger partial charge is 0.497 e. The quantitative estimate of drug-likeness (QED) is 0.446. The fraction of sp³-hybridized carbons (Fsp3) is 0.158. The van der Waals surface area contributed by atoms with Crippen LogP contribution in [0.1, 0.15) is 5.56 Å². The molecule has 0 unspecified atom stereocenters. The van der Waals surface area contributed by atoms with Gasteiger partial charge in [0.05, 0.1) is 12.9 Å². The summed E-state index contributed by atoms with van der Waals surface area (Å²) < 4.78 is 5.14. The van der Waals surface area contributed by atoms with Crippen LogP contribution in [0.4, 0.5) is 5.69 Å². The molecule has 0 saturated carbocycles. The molecule has 0 radical (unpaired) electrons. The third-order valence-electron chi connectivity index (χ3n) is 3.80. The molecule has 0 fully saturated rings. The predicted octanol–water partition coefficient (Wildman–Crippen LogP) is 4.09. The molecule has 1 amide bonds. The van der Waals surface area contributed by atoms with E-state index in [2.05, 4.69) is 20.5 Å². The first-order valence-electron chi connectivity index (χ1n) is 8.25. The molecular weight excluding hydrogens is 394 g/mol. The Morgan fingerprint density at radius 1 is 1.29 bits per heavy atom. The highest BCUT2D eigenvalue weighted by Crippen LogP contribution is 2.24. The number of benzene rings is 2. The highest BCUT2D eigenvalue weighted by molar-refractivity contribution is 8.03. The smallest absolute Gasteiger partial charge is 0.234 e. The van der Waals surface area contributed by atoms with E-state index in [4.69, 9.17) is 10.00 Å². The lowest BCUT2D eigenvalue weighted by Gasteiger charge is -2.08. The molecule has 1 heterocycles. The molecule has 0 aliphatic carbocycles. The van der Waals surface area contributed by atoms with Crippen molar-refractivity contribution < 1.29 is 9.53 Å². The maximum Gasteiger partial charge on any atom is 0.234 e. The zero-order chi connectivity index (χ0) is 19.9. The summed E-state index contributed by atoms with van der Waals surface area (Å²) in [4.78, 5) is 17.5. The number of aromatic nitrogens is 3. The molecule has 9 heteroatoms. The van der Waals surface area contributed by atoms with Crippen LogP contribution < -0.4 is 10.1 Å². The molecule has 28 heavy (non-hydrogen) atoms. The van der Waals surface area contributed by atoms with Crippen molar-refractivity contribution in [2.45, 2.75) is 17.0 Å². The van der Waals surface area contributed by atoms with E-state index in [0.29, 0.717) is 11.0 Å². The zero-order valence-electron chi connectivity index (χ0n) is 15.2. The molecule has 0 atom stereocenters. The number of nitrogens with one attached hydrogen (secondary N) is 2. The minimum atomic E-state index is -0.149. The fourth-order valence-corrected chi connectivity index (χ4v) is 3.47. The van der Waals surface area contributed by atoms with Gasteiger partial charge in [-0.1, -0.05) is 11.8 Å². The van der Waals surface area contributed by atoms with Crippen molar-refractivity contribution in [3.8, 4) is 22.5 Å². The standard InChI is InChI=1S/C19H17N5O2S2/c1-12-9-15(28-11-20)7-8-16(12)21-17(25)10-27-19-22-18(23-24-19)13-3-5-14(26-2)6-4-13/h3-9H,10H2,1-2H3,(H,21,25)(H,22,23,24). The van der Waals surface area contributed by atoms with Crippen LogP contribution in [0.2, 0.25) is 0 Å². The molecule has 0 spiro atoms. The molecule has 0 aliphatic heterocycles. The summed E-state index contributed by atoms with van der Waals surface area (Å²) in [6.07, 6.45) is 0. The summed E-state index contributed by atoms with van der Waals surface area (Å²) in [6.45, 7) is 1.89. The average Bonchev–Trinajstić information content (AvgIpc) is 3.18. The molecule has 0 bridgehead atoms. The molecule has 0 aliphatic rings. The number of carbonyl (C=O) groups is 1. The lowest BCUT2D eigenvalue weighted by Crippen LogP contribution is -2.14. The highest BCUT2D eigenvalue weighted by Gasteiger charge is 2.10. The van der Waals surface area contributed by atoms with Gasteiger partial charge in [-0.3, -0.25) is 9.89 Å². The monoisotopic (exact) mass is 411 g/mol. The topological polar surface area (TPSA) is 104 Å². The summed E-state index contributed by atoms with van der Waals surface area (Å²) in [7, 11) is 1.62. The van der Waals surface area contributed by atoms with Crippen LogP contribution >= 0.6 is 23.5 Å². The van der Waals surface area contributed by atoms with Crippen molar-refractivity contribution in [2.24, 2.45) is 0 Å². The van der Waals surface area contributed by atoms with Crippen LogP contribution in [0.15, 0.2) is 52.5 Å². The molecule has 7 nitrogen and oxygen atoms in total. The Labute approximate surface area is 170 Å². The molecule has 2 aromatic carbocycles. The summed E-state index contributed by atoms with van der Waals surface area (Å²) in [5.74, 6) is 1.44. The van der Waals surface area contributed by atoms with Gasteiger partial charge >= 0.3 is 0 Å². The second kappa shape index (κ2) is 9.30. The van der Waals surface area contributed by atoms with Gasteiger partial charge in [-0.25, -0.2) is 4.98 Å². The van der Waals surface area contributed by atoms with Gasteiger partial charge in [0.2, 0.25) is 11.1 Å². The number of aryl methyl sites for hydroxylation is 1. The van der Waals surface area contributed by atoms with Crippen LogP contribution in [0.5, 0.6) is 5.75 Å². The SMILES string of the molecule is COc1ccc(-c2nc(SCC(=O)Nc3ccc(SC#N)cc3C)n[nH]2)cc1. The Hall–Kier alpha value is -2.96. The van der Waals surface area contributed by atoms with Gasteiger partial charge in [0.15, 0.2) is 5.82 Å². The van der Waals surface area contributed by atoms with Crippen molar-refractivity contribution >= 4 is 35.1 Å². The van der Waals surface area contributed by atoms with Gasteiger partial charge in [-0.05, 0) is 66.7 Å². The van der Waals surface area contributed by atoms with E-state index in [9.17, 15) is 4.79 Å². The van der Waals surface area contributed by atoms with Crippen LogP contribution in [-0.4, -0.2) is 34.0 Å². The van der Waals surface area contributed by atoms with Crippen LogP contribution in [0, 0.1) is 17.6 Å². The Kier molecular flexibility index (Phi) is 6.57. The lowest BCUT2D eigenvalue weighted by atomic mass is 10.2. The number of carbonyl (C=O) groups excluding carboxylic acids is 1. The van der Waals surface area contributed by atoms with Crippen molar-refractivity contribution in [1.29, 1.82) is 5.26 Å². The van der Waals surface area contributed by atoms with Gasteiger partial charge in [0.1, 0.15) is 11.2 Å². The summed E-state index contributed by atoms with van der Waals surface area (Å²) in [5.41, 5.74) is 2.51. The van der Waals surface area contributed by atoms with E-state index in [0.717, 1.165) is 39.2 Å². The maximum atomic E-state index is 12.2. The maximum absolute atomic E-state index is 12.2. The highest BCUT2D eigenvalue weighted by atomic mass is 32.2. The summed E-state index contributed by atoms with van der Waals surface area (Å²) in [5, 5.41) is 21.1. The van der Waals surface area contributed by atoms with E-state index in [-0.39, 0.29) is 11.7 Å². The number of thiocyanates is 1. The first-order chi connectivity index (χ1) is 13.6. The Bertz CT molecular complexity index is 1010. The summed E-state index contributed by atoms with van der Waals surface area (Å²) >= 11 is 2.34. The van der Waals surface area contributed by atoms with Crippen molar-refractivity contribution in [2.75, 3.05) is 18.2 Å². The molecule has 0 saturated heterocycles.